The number of likely N-dealkylation sites (N-methyl/N-ethyl adjacent to an activating group) is 1. The van der Waals surface area contributed by atoms with Crippen molar-refractivity contribution in [1.82, 2.24) is 0 Å². The van der Waals surface area contributed by atoms with Gasteiger partial charge in [0.2, 0.25) is 0 Å². The monoisotopic (exact) mass is 226 g/mol. The Hall–Kier alpha value is -0.770. The zero-order valence-electron chi connectivity index (χ0n) is 8.65. The summed E-state index contributed by atoms with van der Waals surface area (Å²) in [6.07, 6.45) is 0.855. The first kappa shape index (κ1) is 10.7. The van der Waals surface area contributed by atoms with Crippen LogP contribution in [0.15, 0.2) is 18.2 Å². The average Bonchev–Trinajstić information content (AvgIpc) is 2.54. The maximum Gasteiger partial charge on any atom is 0.0602 e. The minimum Gasteiger partial charge on any atom is -0.395 e. The molecule has 1 aliphatic rings. The van der Waals surface area contributed by atoms with Gasteiger partial charge in [-0.2, -0.15) is 0 Å². The molecule has 2 rings (SSSR count). The lowest BCUT2D eigenvalue weighted by molar-refractivity contribution is 0.249. The van der Waals surface area contributed by atoms with E-state index in [4.69, 9.17) is 22.4 Å². The summed E-state index contributed by atoms with van der Waals surface area (Å²) in [6.45, 7) is 0.0106. The van der Waals surface area contributed by atoms with Gasteiger partial charge in [-0.25, -0.2) is 0 Å². The first-order valence-corrected chi connectivity index (χ1v) is 5.39. The topological polar surface area (TPSA) is 49.5 Å². The van der Waals surface area contributed by atoms with E-state index in [0.29, 0.717) is 0 Å². The molecule has 0 fully saturated rings. The van der Waals surface area contributed by atoms with E-state index in [-0.39, 0.29) is 18.7 Å². The number of nitrogens with zero attached hydrogens (tertiary/aromatic N) is 1. The van der Waals surface area contributed by atoms with E-state index >= 15 is 0 Å². The Morgan fingerprint density at radius 1 is 1.67 bits per heavy atom. The van der Waals surface area contributed by atoms with Crippen molar-refractivity contribution in [2.75, 3.05) is 18.6 Å². The number of anilines is 1. The Bertz CT molecular complexity index is 370. The summed E-state index contributed by atoms with van der Waals surface area (Å²) in [7, 11) is 2.00. The molecular weight excluding hydrogens is 212 g/mol. The number of hydrogen-bond donors (Lipinski definition) is 2. The van der Waals surface area contributed by atoms with Crippen LogP contribution in [0.2, 0.25) is 5.02 Å². The maximum atomic E-state index is 9.07. The van der Waals surface area contributed by atoms with Crippen LogP contribution < -0.4 is 10.6 Å². The van der Waals surface area contributed by atoms with E-state index in [1.807, 2.05) is 25.2 Å². The van der Waals surface area contributed by atoms with Crippen LogP contribution >= 0.6 is 11.6 Å². The summed E-state index contributed by atoms with van der Waals surface area (Å²) < 4.78 is 0. The number of halogens is 1. The lowest BCUT2D eigenvalue weighted by Crippen LogP contribution is -2.46. The molecule has 1 heterocycles. The van der Waals surface area contributed by atoms with Crippen molar-refractivity contribution < 1.29 is 5.11 Å². The van der Waals surface area contributed by atoms with Gasteiger partial charge in [0.15, 0.2) is 0 Å². The molecule has 3 N–H and O–H groups in total. The fraction of sp³-hybridized carbons (Fsp3) is 0.455. The minimum atomic E-state index is -0.207. The predicted octanol–water partition coefficient (Wildman–Crippen LogP) is 1.02. The van der Waals surface area contributed by atoms with Crippen molar-refractivity contribution in [1.29, 1.82) is 0 Å². The van der Waals surface area contributed by atoms with Crippen molar-refractivity contribution in [3.05, 3.63) is 28.8 Å². The first-order valence-electron chi connectivity index (χ1n) is 5.01. The van der Waals surface area contributed by atoms with Crippen LogP contribution in [0.5, 0.6) is 0 Å². The predicted molar refractivity (Wildman–Crippen MR) is 62.4 cm³/mol. The largest absolute Gasteiger partial charge is 0.395 e. The van der Waals surface area contributed by atoms with Gasteiger partial charge in [-0.15, -0.1) is 0 Å². The van der Waals surface area contributed by atoms with Gasteiger partial charge in [-0.1, -0.05) is 11.6 Å². The summed E-state index contributed by atoms with van der Waals surface area (Å²) in [5.74, 6) is 0. The molecule has 0 saturated heterocycles. The summed E-state index contributed by atoms with van der Waals surface area (Å²) in [5.41, 5.74) is 8.23. The molecule has 15 heavy (non-hydrogen) atoms. The van der Waals surface area contributed by atoms with Gasteiger partial charge in [0.1, 0.15) is 0 Å². The zero-order valence-corrected chi connectivity index (χ0v) is 9.41. The third kappa shape index (κ3) is 1.83. The molecule has 0 bridgehead atoms. The number of rotatable bonds is 2. The molecule has 0 saturated carbocycles. The van der Waals surface area contributed by atoms with Crippen LogP contribution in [-0.2, 0) is 6.42 Å². The smallest absolute Gasteiger partial charge is 0.0602 e. The maximum absolute atomic E-state index is 9.07. The van der Waals surface area contributed by atoms with E-state index in [1.165, 1.54) is 5.56 Å². The van der Waals surface area contributed by atoms with E-state index in [0.717, 1.165) is 17.1 Å². The highest BCUT2D eigenvalue weighted by atomic mass is 35.5. The molecule has 0 aromatic heterocycles. The van der Waals surface area contributed by atoms with E-state index in [2.05, 4.69) is 4.90 Å². The molecule has 0 amide bonds. The summed E-state index contributed by atoms with van der Waals surface area (Å²) >= 11 is 5.93. The first-order chi connectivity index (χ1) is 7.13. The highest BCUT2D eigenvalue weighted by Gasteiger charge is 2.30. The SMILES string of the molecule is CN1c2ccc(Cl)cc2CC1C(N)CO. The number of nitrogens with two attached hydrogens (primary N) is 1. The number of aliphatic hydroxyl groups excluding tert-OH is 1. The van der Waals surface area contributed by atoms with Crippen LogP contribution in [0.25, 0.3) is 0 Å². The molecule has 3 nitrogen and oxygen atoms in total. The van der Waals surface area contributed by atoms with E-state index in [1.54, 1.807) is 0 Å². The van der Waals surface area contributed by atoms with Crippen molar-refractivity contribution in [3.8, 4) is 0 Å². The fourth-order valence-electron chi connectivity index (χ4n) is 2.16. The molecule has 0 spiro atoms. The number of fused-ring (bicyclic) bond motifs is 1. The van der Waals surface area contributed by atoms with Gasteiger partial charge in [-0.3, -0.25) is 0 Å². The molecule has 1 aromatic rings. The van der Waals surface area contributed by atoms with Gasteiger partial charge < -0.3 is 15.7 Å². The van der Waals surface area contributed by atoms with Crippen molar-refractivity contribution >= 4 is 17.3 Å². The Morgan fingerprint density at radius 2 is 2.40 bits per heavy atom. The Morgan fingerprint density at radius 3 is 3.07 bits per heavy atom. The molecular formula is C11H15ClN2O. The third-order valence-electron chi connectivity index (χ3n) is 3.05. The standard InChI is InChI=1S/C11H15ClN2O/c1-14-10-3-2-8(12)4-7(10)5-11(14)9(13)6-15/h2-4,9,11,15H,5-6,13H2,1H3. The third-order valence-corrected chi connectivity index (χ3v) is 3.29. The Kier molecular flexibility index (Phi) is 2.87. The highest BCUT2D eigenvalue weighted by Crippen LogP contribution is 2.33. The van der Waals surface area contributed by atoms with Gasteiger partial charge >= 0.3 is 0 Å². The molecule has 2 atom stereocenters. The van der Waals surface area contributed by atoms with Gasteiger partial charge in [-0.05, 0) is 30.2 Å². The van der Waals surface area contributed by atoms with Crippen LogP contribution in [0.3, 0.4) is 0 Å². The molecule has 4 heteroatoms. The van der Waals surface area contributed by atoms with E-state index < -0.39 is 0 Å². The molecule has 2 unspecified atom stereocenters. The van der Waals surface area contributed by atoms with Crippen LogP contribution in [0.4, 0.5) is 5.69 Å². The summed E-state index contributed by atoms with van der Waals surface area (Å²) in [4.78, 5) is 2.12. The van der Waals surface area contributed by atoms with E-state index in [9.17, 15) is 0 Å². The second-order valence-electron chi connectivity index (χ2n) is 4.00. The lowest BCUT2D eigenvalue weighted by atomic mass is 10.0. The average molecular weight is 227 g/mol. The van der Waals surface area contributed by atoms with Crippen molar-refractivity contribution in [2.45, 2.75) is 18.5 Å². The zero-order chi connectivity index (χ0) is 11.0. The lowest BCUT2D eigenvalue weighted by Gasteiger charge is -2.26. The van der Waals surface area contributed by atoms with Crippen LogP contribution in [0.1, 0.15) is 5.56 Å². The second kappa shape index (κ2) is 4.00. The number of benzene rings is 1. The van der Waals surface area contributed by atoms with Gasteiger partial charge in [0.05, 0.1) is 12.6 Å². The molecule has 1 aliphatic heterocycles. The Balaban J connectivity index is 2.28. The quantitative estimate of drug-likeness (QED) is 0.792. The van der Waals surface area contributed by atoms with Gasteiger partial charge in [0, 0.05) is 23.8 Å². The molecule has 0 radical (unpaired) electrons. The van der Waals surface area contributed by atoms with Crippen molar-refractivity contribution in [3.63, 3.8) is 0 Å². The normalized spacial score (nSPS) is 21.6. The van der Waals surface area contributed by atoms with Crippen LogP contribution in [-0.4, -0.2) is 30.8 Å². The second-order valence-corrected chi connectivity index (χ2v) is 4.44. The Labute approximate surface area is 94.4 Å². The number of hydrogen-bond acceptors (Lipinski definition) is 3. The minimum absolute atomic E-state index is 0.0106. The molecule has 82 valence electrons. The van der Waals surface area contributed by atoms with Crippen LogP contribution in [0, 0.1) is 0 Å². The van der Waals surface area contributed by atoms with Crippen molar-refractivity contribution in [2.24, 2.45) is 5.73 Å². The fourth-order valence-corrected chi connectivity index (χ4v) is 2.36. The summed E-state index contributed by atoms with van der Waals surface area (Å²) in [5, 5.41) is 9.82. The highest BCUT2D eigenvalue weighted by molar-refractivity contribution is 6.30. The number of aliphatic hydroxyl groups is 1. The van der Waals surface area contributed by atoms with Gasteiger partial charge in [0.25, 0.3) is 0 Å². The molecule has 1 aromatic carbocycles. The summed E-state index contributed by atoms with van der Waals surface area (Å²) in [6, 6.07) is 5.81. The molecule has 0 aliphatic carbocycles.